The zero-order valence-electron chi connectivity index (χ0n) is 9.81. The summed E-state index contributed by atoms with van der Waals surface area (Å²) >= 11 is 9.34. The molecule has 2 aromatic heterocycles. The molecule has 2 heterocycles. The molecule has 0 atom stereocenters. The fourth-order valence-corrected chi connectivity index (χ4v) is 2.70. The van der Waals surface area contributed by atoms with Gasteiger partial charge in [-0.15, -0.1) is 11.6 Å². The smallest absolute Gasteiger partial charge is 0.112 e. The summed E-state index contributed by atoms with van der Waals surface area (Å²) in [4.78, 5) is 11.2. The van der Waals surface area contributed by atoms with Crippen molar-refractivity contribution >= 4 is 44.3 Å². The molecule has 1 fully saturated rings. The van der Waals surface area contributed by atoms with Gasteiger partial charge in [0, 0.05) is 35.3 Å². The number of fused-ring (bicyclic) bond motifs is 1. The number of halogens is 2. The van der Waals surface area contributed by atoms with E-state index in [0.29, 0.717) is 11.9 Å². The Morgan fingerprint density at radius 3 is 2.94 bits per heavy atom. The topological polar surface area (TPSA) is 29.0 Å². The van der Waals surface area contributed by atoms with Crippen LogP contribution in [-0.2, 0) is 0 Å². The maximum absolute atomic E-state index is 5.91. The summed E-state index contributed by atoms with van der Waals surface area (Å²) in [5, 5.41) is 0. The second kappa shape index (κ2) is 5.02. The number of pyridine rings is 2. The van der Waals surface area contributed by atoms with Gasteiger partial charge in [-0.3, -0.25) is 9.97 Å². The van der Waals surface area contributed by atoms with Crippen LogP contribution in [0.2, 0.25) is 0 Å². The highest BCUT2D eigenvalue weighted by Gasteiger charge is 2.30. The number of alkyl halides is 1. The van der Waals surface area contributed by atoms with Crippen LogP contribution >= 0.6 is 27.5 Å². The molecule has 1 aliphatic rings. The van der Waals surface area contributed by atoms with Crippen LogP contribution in [-0.4, -0.2) is 28.4 Å². The number of anilines is 1. The average Bonchev–Trinajstić information content (AvgIpc) is 3.19. The van der Waals surface area contributed by atoms with Crippen molar-refractivity contribution in [2.75, 3.05) is 17.3 Å². The van der Waals surface area contributed by atoms with Crippen LogP contribution in [0.15, 0.2) is 29.0 Å². The summed E-state index contributed by atoms with van der Waals surface area (Å²) in [6.07, 6.45) is 6.16. The van der Waals surface area contributed by atoms with Crippen LogP contribution in [0.1, 0.15) is 12.8 Å². The van der Waals surface area contributed by atoms with Crippen molar-refractivity contribution in [1.82, 2.24) is 9.97 Å². The molecule has 0 spiro atoms. The predicted molar refractivity (Wildman–Crippen MR) is 78.3 cm³/mol. The number of hydrogen-bond acceptors (Lipinski definition) is 3. The molecule has 0 N–H and O–H groups in total. The van der Waals surface area contributed by atoms with E-state index in [9.17, 15) is 0 Å². The summed E-state index contributed by atoms with van der Waals surface area (Å²) in [7, 11) is 0. The van der Waals surface area contributed by atoms with Gasteiger partial charge in [0.25, 0.3) is 0 Å². The maximum Gasteiger partial charge on any atom is 0.112 e. The van der Waals surface area contributed by atoms with Crippen molar-refractivity contribution in [1.29, 1.82) is 0 Å². The third-order valence-electron chi connectivity index (χ3n) is 3.15. The first kappa shape index (κ1) is 12.2. The van der Waals surface area contributed by atoms with Gasteiger partial charge in [0.1, 0.15) is 5.52 Å². The maximum atomic E-state index is 5.91. The number of hydrogen-bond donors (Lipinski definition) is 0. The van der Waals surface area contributed by atoms with Crippen LogP contribution in [0.25, 0.3) is 11.0 Å². The third kappa shape index (κ3) is 2.31. The summed E-state index contributed by atoms with van der Waals surface area (Å²) < 4.78 is 0.954. The summed E-state index contributed by atoms with van der Waals surface area (Å²) in [6, 6.07) is 4.66. The number of nitrogens with zero attached hydrogens (tertiary/aromatic N) is 3. The third-order valence-corrected chi connectivity index (χ3v) is 3.75. The zero-order chi connectivity index (χ0) is 12.5. The van der Waals surface area contributed by atoms with E-state index in [1.54, 1.807) is 0 Å². The minimum absolute atomic E-state index is 0.625. The quantitative estimate of drug-likeness (QED) is 0.804. The Morgan fingerprint density at radius 2 is 2.22 bits per heavy atom. The van der Waals surface area contributed by atoms with Gasteiger partial charge in [0.15, 0.2) is 0 Å². The van der Waals surface area contributed by atoms with E-state index in [-0.39, 0.29) is 0 Å². The molecule has 3 nitrogen and oxygen atoms in total. The summed E-state index contributed by atoms with van der Waals surface area (Å²) in [5.74, 6) is 0.636. The van der Waals surface area contributed by atoms with Gasteiger partial charge in [-0.25, -0.2) is 0 Å². The molecular formula is C13H13BrClN3. The van der Waals surface area contributed by atoms with Gasteiger partial charge in [0.05, 0.1) is 11.2 Å². The van der Waals surface area contributed by atoms with E-state index in [1.807, 2.05) is 24.5 Å². The summed E-state index contributed by atoms with van der Waals surface area (Å²) in [6.45, 7) is 0.864. The van der Waals surface area contributed by atoms with Gasteiger partial charge >= 0.3 is 0 Å². The van der Waals surface area contributed by atoms with Crippen molar-refractivity contribution < 1.29 is 0 Å². The van der Waals surface area contributed by atoms with Crippen LogP contribution in [0.5, 0.6) is 0 Å². The van der Waals surface area contributed by atoms with Crippen LogP contribution in [0, 0.1) is 0 Å². The van der Waals surface area contributed by atoms with E-state index in [1.165, 1.54) is 12.8 Å². The Hall–Kier alpha value is -0.870. The molecule has 0 bridgehead atoms. The van der Waals surface area contributed by atoms with Crippen molar-refractivity contribution in [2.24, 2.45) is 0 Å². The van der Waals surface area contributed by atoms with E-state index < -0.39 is 0 Å². The molecule has 0 amide bonds. The minimum Gasteiger partial charge on any atom is -0.365 e. The second-order valence-electron chi connectivity index (χ2n) is 4.46. The molecule has 0 unspecified atom stereocenters. The van der Waals surface area contributed by atoms with E-state index in [4.69, 9.17) is 11.6 Å². The van der Waals surface area contributed by atoms with Crippen molar-refractivity contribution in [3.05, 3.63) is 29.0 Å². The molecule has 1 saturated carbocycles. The number of rotatable bonds is 4. The fourth-order valence-electron chi connectivity index (χ4n) is 2.20. The van der Waals surface area contributed by atoms with E-state index in [0.717, 1.165) is 27.7 Å². The Morgan fingerprint density at radius 1 is 1.39 bits per heavy atom. The molecule has 94 valence electrons. The van der Waals surface area contributed by atoms with Crippen molar-refractivity contribution in [2.45, 2.75) is 18.9 Å². The first-order valence-electron chi connectivity index (χ1n) is 6.02. The van der Waals surface area contributed by atoms with Crippen molar-refractivity contribution in [3.63, 3.8) is 0 Å². The van der Waals surface area contributed by atoms with Gasteiger partial charge in [0.2, 0.25) is 0 Å². The second-order valence-corrected chi connectivity index (χ2v) is 5.76. The van der Waals surface area contributed by atoms with Crippen LogP contribution in [0.4, 0.5) is 5.69 Å². The molecule has 0 saturated heterocycles. The Balaban J connectivity index is 2.09. The SMILES string of the molecule is ClCCN(c1ccnc2cc(Br)cnc12)C1CC1. The molecule has 1 aliphatic carbocycles. The monoisotopic (exact) mass is 325 g/mol. The lowest BCUT2D eigenvalue weighted by Gasteiger charge is -2.24. The van der Waals surface area contributed by atoms with Gasteiger partial charge in [-0.1, -0.05) is 0 Å². The molecule has 3 rings (SSSR count). The Kier molecular flexibility index (Phi) is 3.39. The molecule has 0 radical (unpaired) electrons. The van der Waals surface area contributed by atoms with Gasteiger partial charge < -0.3 is 4.90 Å². The molecule has 0 aromatic carbocycles. The lowest BCUT2D eigenvalue weighted by atomic mass is 10.2. The largest absolute Gasteiger partial charge is 0.365 e. The van der Waals surface area contributed by atoms with Gasteiger partial charge in [-0.2, -0.15) is 0 Å². The fraction of sp³-hybridized carbons (Fsp3) is 0.385. The lowest BCUT2D eigenvalue weighted by Crippen LogP contribution is -2.28. The van der Waals surface area contributed by atoms with Gasteiger partial charge in [-0.05, 0) is 40.9 Å². The first-order valence-corrected chi connectivity index (χ1v) is 7.35. The van der Waals surface area contributed by atoms with E-state index in [2.05, 4.69) is 30.8 Å². The molecular weight excluding hydrogens is 314 g/mol. The molecule has 5 heteroatoms. The highest BCUT2D eigenvalue weighted by atomic mass is 79.9. The first-order chi connectivity index (χ1) is 8.79. The Labute approximate surface area is 119 Å². The number of aromatic nitrogens is 2. The minimum atomic E-state index is 0.625. The molecule has 18 heavy (non-hydrogen) atoms. The summed E-state index contributed by atoms with van der Waals surface area (Å²) in [5.41, 5.74) is 3.02. The zero-order valence-corrected chi connectivity index (χ0v) is 12.2. The van der Waals surface area contributed by atoms with Crippen molar-refractivity contribution in [3.8, 4) is 0 Å². The molecule has 0 aliphatic heterocycles. The van der Waals surface area contributed by atoms with Crippen LogP contribution in [0.3, 0.4) is 0 Å². The van der Waals surface area contributed by atoms with E-state index >= 15 is 0 Å². The standard InChI is InChI=1S/C13H13BrClN3/c14-9-7-11-13(17-8-9)12(3-5-16-11)18(6-4-15)10-1-2-10/h3,5,7-8,10H,1-2,4,6H2. The lowest BCUT2D eigenvalue weighted by molar-refractivity contribution is 0.831. The molecule has 2 aromatic rings. The Bertz CT molecular complexity index is 571. The highest BCUT2D eigenvalue weighted by molar-refractivity contribution is 9.10. The van der Waals surface area contributed by atoms with Crippen LogP contribution < -0.4 is 4.90 Å². The highest BCUT2D eigenvalue weighted by Crippen LogP contribution is 2.34. The average molecular weight is 327 g/mol. The normalized spacial score (nSPS) is 15.0. The predicted octanol–water partition coefficient (Wildman–Crippen LogP) is 3.60.